The first-order valence-electron chi connectivity index (χ1n) is 5.65. The number of amides is 1. The van der Waals surface area contributed by atoms with Crippen molar-refractivity contribution in [2.45, 2.75) is 19.8 Å². The molecule has 0 fully saturated rings. The number of nitrogens with zero attached hydrogens (tertiary/aromatic N) is 2. The minimum absolute atomic E-state index is 0.0576. The van der Waals surface area contributed by atoms with Crippen molar-refractivity contribution in [3.63, 3.8) is 0 Å². The highest BCUT2D eigenvalue weighted by Crippen LogP contribution is 1.90. The van der Waals surface area contributed by atoms with Gasteiger partial charge in [0, 0.05) is 18.8 Å². The van der Waals surface area contributed by atoms with Gasteiger partial charge in [0.1, 0.15) is 0 Å². The molecule has 0 aromatic carbocycles. The lowest BCUT2D eigenvalue weighted by Crippen LogP contribution is -2.16. The van der Waals surface area contributed by atoms with Crippen LogP contribution in [0.15, 0.2) is 29.6 Å². The Kier molecular flexibility index (Phi) is 8.77. The van der Waals surface area contributed by atoms with E-state index in [-0.39, 0.29) is 5.91 Å². The standard InChI is InChI=1S/C10H13N3O.C2H2O4/c1-2-3-10(14)13-12-8-9-4-6-11-7-5-9;3-1(4)2(5)6/h4-8H,2-3H2,1H3,(H,13,14);(H,3,4)(H,5,6). The minimum atomic E-state index is -1.82. The van der Waals surface area contributed by atoms with Crippen LogP contribution in [-0.2, 0) is 14.4 Å². The number of hydrogen-bond donors (Lipinski definition) is 3. The van der Waals surface area contributed by atoms with Gasteiger partial charge >= 0.3 is 11.9 Å². The Hall–Kier alpha value is -2.77. The average Bonchev–Trinajstić information content (AvgIpc) is 2.41. The van der Waals surface area contributed by atoms with Gasteiger partial charge in [-0.05, 0) is 24.1 Å². The molecule has 20 heavy (non-hydrogen) atoms. The first-order chi connectivity index (χ1) is 9.47. The van der Waals surface area contributed by atoms with Crippen LogP contribution in [0, 0.1) is 0 Å². The minimum Gasteiger partial charge on any atom is -0.473 e. The highest BCUT2D eigenvalue weighted by atomic mass is 16.4. The number of carboxylic acids is 2. The highest BCUT2D eigenvalue weighted by molar-refractivity contribution is 6.27. The highest BCUT2D eigenvalue weighted by Gasteiger charge is 2.04. The van der Waals surface area contributed by atoms with E-state index in [0.29, 0.717) is 6.42 Å². The lowest BCUT2D eigenvalue weighted by molar-refractivity contribution is -0.159. The molecule has 1 rings (SSSR count). The molecule has 0 aliphatic rings. The van der Waals surface area contributed by atoms with Gasteiger partial charge in [-0.2, -0.15) is 5.10 Å². The number of hydrogen-bond acceptors (Lipinski definition) is 5. The van der Waals surface area contributed by atoms with Gasteiger partial charge in [0.05, 0.1) is 6.21 Å². The monoisotopic (exact) mass is 281 g/mol. The van der Waals surface area contributed by atoms with Crippen LogP contribution >= 0.6 is 0 Å². The molecule has 1 aromatic heterocycles. The number of carboxylic acid groups (broad SMARTS) is 2. The fourth-order valence-corrected chi connectivity index (χ4v) is 0.911. The van der Waals surface area contributed by atoms with E-state index < -0.39 is 11.9 Å². The summed E-state index contributed by atoms with van der Waals surface area (Å²) in [7, 11) is 0. The Morgan fingerprint density at radius 2 is 1.80 bits per heavy atom. The van der Waals surface area contributed by atoms with Gasteiger partial charge in [-0.25, -0.2) is 15.0 Å². The largest absolute Gasteiger partial charge is 0.473 e. The van der Waals surface area contributed by atoms with Crippen LogP contribution in [0.5, 0.6) is 0 Å². The summed E-state index contributed by atoms with van der Waals surface area (Å²) in [5.41, 5.74) is 3.36. The maximum atomic E-state index is 11.0. The third-order valence-electron chi connectivity index (χ3n) is 1.77. The number of hydrazone groups is 1. The SMILES string of the molecule is CCCC(=O)NN=Cc1ccncc1.O=C(O)C(=O)O. The van der Waals surface area contributed by atoms with Crippen molar-refractivity contribution in [3.05, 3.63) is 30.1 Å². The van der Waals surface area contributed by atoms with Gasteiger partial charge in [-0.3, -0.25) is 9.78 Å². The quantitative estimate of drug-likeness (QED) is 0.418. The molecule has 0 aliphatic heterocycles. The zero-order valence-corrected chi connectivity index (χ0v) is 10.8. The lowest BCUT2D eigenvalue weighted by atomic mass is 10.3. The Labute approximate surface area is 115 Å². The third-order valence-corrected chi connectivity index (χ3v) is 1.77. The predicted octanol–water partition coefficient (Wildman–Crippen LogP) is 0.487. The van der Waals surface area contributed by atoms with Crippen LogP contribution in [0.1, 0.15) is 25.3 Å². The zero-order chi connectivity index (χ0) is 15.4. The first-order valence-corrected chi connectivity index (χ1v) is 5.65. The van der Waals surface area contributed by atoms with Gasteiger partial charge in [-0.15, -0.1) is 0 Å². The summed E-state index contributed by atoms with van der Waals surface area (Å²) in [5.74, 6) is -3.71. The summed E-state index contributed by atoms with van der Waals surface area (Å²) in [6, 6.07) is 3.63. The molecule has 8 heteroatoms. The van der Waals surface area contributed by atoms with E-state index in [9.17, 15) is 4.79 Å². The van der Waals surface area contributed by atoms with Gasteiger partial charge in [0.2, 0.25) is 5.91 Å². The van der Waals surface area contributed by atoms with Crippen LogP contribution in [0.25, 0.3) is 0 Å². The van der Waals surface area contributed by atoms with E-state index in [4.69, 9.17) is 19.8 Å². The van der Waals surface area contributed by atoms with E-state index in [0.717, 1.165) is 12.0 Å². The zero-order valence-electron chi connectivity index (χ0n) is 10.8. The maximum absolute atomic E-state index is 11.0. The molecular formula is C12H15N3O5. The normalized spacial score (nSPS) is 9.45. The van der Waals surface area contributed by atoms with Gasteiger partial charge in [0.15, 0.2) is 0 Å². The fraction of sp³-hybridized carbons (Fsp3) is 0.250. The van der Waals surface area contributed by atoms with Gasteiger partial charge in [-0.1, -0.05) is 6.92 Å². The van der Waals surface area contributed by atoms with E-state index >= 15 is 0 Å². The molecule has 0 saturated carbocycles. The van der Waals surface area contributed by atoms with Crippen LogP contribution in [0.3, 0.4) is 0 Å². The summed E-state index contributed by atoms with van der Waals surface area (Å²) in [6.07, 6.45) is 6.28. The number of aromatic nitrogens is 1. The number of nitrogens with one attached hydrogen (secondary N) is 1. The average molecular weight is 281 g/mol. The summed E-state index contributed by atoms with van der Waals surface area (Å²) >= 11 is 0. The van der Waals surface area contributed by atoms with Crippen LogP contribution < -0.4 is 5.43 Å². The van der Waals surface area contributed by atoms with Crippen molar-refractivity contribution in [1.82, 2.24) is 10.4 Å². The van der Waals surface area contributed by atoms with E-state index in [1.807, 2.05) is 19.1 Å². The molecule has 1 amide bonds. The summed E-state index contributed by atoms with van der Waals surface area (Å²) in [4.78, 5) is 33.1. The third kappa shape index (κ3) is 9.28. The second kappa shape index (κ2) is 10.2. The van der Waals surface area contributed by atoms with Crippen molar-refractivity contribution >= 4 is 24.1 Å². The molecular weight excluding hydrogens is 266 g/mol. The summed E-state index contributed by atoms with van der Waals surface area (Å²) in [6.45, 7) is 1.95. The molecule has 0 bridgehead atoms. The predicted molar refractivity (Wildman–Crippen MR) is 70.2 cm³/mol. The second-order valence-electron chi connectivity index (χ2n) is 3.43. The number of pyridine rings is 1. The van der Waals surface area contributed by atoms with Gasteiger partial charge in [0.25, 0.3) is 0 Å². The van der Waals surface area contributed by atoms with Crippen LogP contribution in [0.2, 0.25) is 0 Å². The fourth-order valence-electron chi connectivity index (χ4n) is 0.911. The number of carbonyl (C=O) groups is 3. The van der Waals surface area contributed by atoms with E-state index in [1.165, 1.54) is 0 Å². The van der Waals surface area contributed by atoms with Crippen molar-refractivity contribution in [2.24, 2.45) is 5.10 Å². The summed E-state index contributed by atoms with van der Waals surface area (Å²) < 4.78 is 0. The molecule has 8 nitrogen and oxygen atoms in total. The van der Waals surface area contributed by atoms with E-state index in [2.05, 4.69) is 15.5 Å². The lowest BCUT2D eigenvalue weighted by Gasteiger charge is -1.95. The number of carbonyl (C=O) groups excluding carboxylic acids is 1. The first kappa shape index (κ1) is 17.2. The molecule has 0 aliphatic carbocycles. The van der Waals surface area contributed by atoms with Gasteiger partial charge < -0.3 is 10.2 Å². The van der Waals surface area contributed by atoms with Crippen molar-refractivity contribution in [1.29, 1.82) is 0 Å². The van der Waals surface area contributed by atoms with Crippen molar-refractivity contribution in [3.8, 4) is 0 Å². The Morgan fingerprint density at radius 1 is 1.25 bits per heavy atom. The van der Waals surface area contributed by atoms with Crippen molar-refractivity contribution in [2.75, 3.05) is 0 Å². The topological polar surface area (TPSA) is 129 Å². The smallest absolute Gasteiger partial charge is 0.414 e. The molecule has 3 N–H and O–H groups in total. The molecule has 0 saturated heterocycles. The second-order valence-corrected chi connectivity index (χ2v) is 3.43. The van der Waals surface area contributed by atoms with Crippen molar-refractivity contribution < 1.29 is 24.6 Å². The molecule has 0 atom stereocenters. The molecule has 1 aromatic rings. The molecule has 0 radical (unpaired) electrons. The maximum Gasteiger partial charge on any atom is 0.414 e. The Balaban J connectivity index is 0.000000511. The Bertz CT molecular complexity index is 461. The molecule has 1 heterocycles. The Morgan fingerprint density at radius 3 is 2.25 bits per heavy atom. The molecule has 0 spiro atoms. The number of aliphatic carboxylic acids is 2. The van der Waals surface area contributed by atoms with E-state index in [1.54, 1.807) is 18.6 Å². The van der Waals surface area contributed by atoms with Crippen LogP contribution in [0.4, 0.5) is 0 Å². The molecule has 0 unspecified atom stereocenters. The number of rotatable bonds is 4. The van der Waals surface area contributed by atoms with Crippen LogP contribution in [-0.4, -0.2) is 39.3 Å². The molecule has 108 valence electrons. The summed E-state index contributed by atoms with van der Waals surface area (Å²) in [5, 5.41) is 18.6.